The lowest BCUT2D eigenvalue weighted by Gasteiger charge is -2.37. The van der Waals surface area contributed by atoms with Gasteiger partial charge in [0.1, 0.15) is 11.4 Å². The number of aromatic hydroxyl groups is 1. The van der Waals surface area contributed by atoms with Crippen molar-refractivity contribution in [2.45, 2.75) is 31.4 Å². The molecule has 4 heteroatoms. The molecule has 0 amide bonds. The Balaban J connectivity index is 2.29. The highest BCUT2D eigenvalue weighted by atomic mass is 28.2. The summed E-state index contributed by atoms with van der Waals surface area (Å²) in [5, 5.41) is 10.6. The number of hydrogen-bond acceptors (Lipinski definition) is 3. The first-order valence-electron chi connectivity index (χ1n) is 8.64. The summed E-state index contributed by atoms with van der Waals surface area (Å²) in [7, 11) is 0.215. The van der Waals surface area contributed by atoms with Crippen molar-refractivity contribution in [1.82, 2.24) is 4.98 Å². The van der Waals surface area contributed by atoms with Gasteiger partial charge >= 0.3 is 0 Å². The molecule has 0 aliphatic carbocycles. The first-order chi connectivity index (χ1) is 12.4. The minimum atomic E-state index is -0.973. The standard InChI is InChI=1S/C22H23NO2Si/c1-21(2,3)26-25-22(17-11-6-4-7-12-17,18-13-8-5-9-14-18)20-19(24)15-10-16-23-20/h4-16,24H,1-3H3. The van der Waals surface area contributed by atoms with Crippen molar-refractivity contribution in [1.29, 1.82) is 0 Å². The van der Waals surface area contributed by atoms with Gasteiger partial charge in [-0.1, -0.05) is 81.4 Å². The fraction of sp³-hybridized carbons (Fsp3) is 0.227. The minimum absolute atomic E-state index is 0.0147. The molecule has 26 heavy (non-hydrogen) atoms. The van der Waals surface area contributed by atoms with E-state index in [1.807, 2.05) is 60.7 Å². The van der Waals surface area contributed by atoms with E-state index in [-0.39, 0.29) is 20.6 Å². The monoisotopic (exact) mass is 361 g/mol. The fourth-order valence-corrected chi connectivity index (χ4v) is 3.64. The van der Waals surface area contributed by atoms with Gasteiger partial charge in [0.15, 0.2) is 5.60 Å². The van der Waals surface area contributed by atoms with Crippen molar-refractivity contribution in [3.8, 4) is 5.75 Å². The van der Waals surface area contributed by atoms with Gasteiger partial charge in [0.05, 0.1) is 0 Å². The van der Waals surface area contributed by atoms with Gasteiger partial charge in [-0.05, 0) is 28.3 Å². The molecule has 0 aliphatic heterocycles. The zero-order valence-corrected chi connectivity index (χ0v) is 16.3. The normalized spacial score (nSPS) is 12.1. The lowest BCUT2D eigenvalue weighted by Crippen LogP contribution is -2.37. The maximum absolute atomic E-state index is 10.7. The Morgan fingerprint density at radius 3 is 1.81 bits per heavy atom. The highest BCUT2D eigenvalue weighted by molar-refractivity contribution is 6.32. The van der Waals surface area contributed by atoms with Crippen LogP contribution in [0.2, 0.25) is 5.04 Å². The third kappa shape index (κ3) is 3.71. The van der Waals surface area contributed by atoms with Crippen molar-refractivity contribution in [3.63, 3.8) is 0 Å². The van der Waals surface area contributed by atoms with E-state index in [1.165, 1.54) is 0 Å². The number of rotatable bonds is 5. The molecule has 1 N–H and O–H groups in total. The van der Waals surface area contributed by atoms with Crippen molar-refractivity contribution in [2.24, 2.45) is 0 Å². The zero-order chi connectivity index (χ0) is 18.6. The molecule has 2 aromatic carbocycles. The van der Waals surface area contributed by atoms with Crippen LogP contribution >= 0.6 is 0 Å². The molecule has 0 unspecified atom stereocenters. The van der Waals surface area contributed by atoms with Crippen LogP contribution < -0.4 is 0 Å². The first-order valence-corrected chi connectivity index (χ1v) is 9.55. The summed E-state index contributed by atoms with van der Waals surface area (Å²) in [6.07, 6.45) is 1.69. The second kappa shape index (κ2) is 7.44. The van der Waals surface area contributed by atoms with Crippen molar-refractivity contribution >= 4 is 9.76 Å². The van der Waals surface area contributed by atoms with Gasteiger partial charge in [-0.25, -0.2) is 0 Å². The van der Waals surface area contributed by atoms with E-state index in [4.69, 9.17) is 4.43 Å². The number of nitrogens with zero attached hydrogens (tertiary/aromatic N) is 1. The molecular formula is C22H23NO2Si. The number of aromatic nitrogens is 1. The zero-order valence-electron chi connectivity index (χ0n) is 15.3. The smallest absolute Gasteiger partial charge is 0.238 e. The number of hydrogen-bond donors (Lipinski definition) is 1. The largest absolute Gasteiger partial charge is 0.506 e. The topological polar surface area (TPSA) is 42.4 Å². The Morgan fingerprint density at radius 1 is 0.808 bits per heavy atom. The lowest BCUT2D eigenvalue weighted by molar-refractivity contribution is 0.147. The molecule has 3 nitrogen and oxygen atoms in total. The Bertz CT molecular complexity index is 805. The maximum atomic E-state index is 10.7. The van der Waals surface area contributed by atoms with Gasteiger partial charge in [0, 0.05) is 6.20 Å². The van der Waals surface area contributed by atoms with Crippen LogP contribution in [0.1, 0.15) is 37.6 Å². The molecule has 0 bridgehead atoms. The summed E-state index contributed by atoms with van der Waals surface area (Å²) in [4.78, 5) is 4.53. The predicted molar refractivity (Wildman–Crippen MR) is 105 cm³/mol. The summed E-state index contributed by atoms with van der Waals surface area (Å²) in [6.45, 7) is 6.43. The average Bonchev–Trinajstić information content (AvgIpc) is 2.64. The van der Waals surface area contributed by atoms with E-state index in [0.717, 1.165) is 11.1 Å². The van der Waals surface area contributed by atoms with Gasteiger partial charge in [-0.15, -0.1) is 0 Å². The predicted octanol–water partition coefficient (Wildman–Crippen LogP) is 4.93. The van der Waals surface area contributed by atoms with E-state index in [9.17, 15) is 5.11 Å². The molecule has 0 spiro atoms. The summed E-state index contributed by atoms with van der Waals surface area (Å²) in [5.41, 5.74) is 1.42. The van der Waals surface area contributed by atoms with Crippen LogP contribution in [0.5, 0.6) is 5.75 Å². The highest BCUT2D eigenvalue weighted by Gasteiger charge is 2.41. The van der Waals surface area contributed by atoms with Crippen molar-refractivity contribution < 1.29 is 9.53 Å². The lowest BCUT2D eigenvalue weighted by atomic mass is 9.83. The number of benzene rings is 2. The molecule has 0 aliphatic rings. The van der Waals surface area contributed by atoms with Crippen molar-refractivity contribution in [2.75, 3.05) is 0 Å². The molecule has 0 fully saturated rings. The van der Waals surface area contributed by atoms with Crippen LogP contribution in [0.25, 0.3) is 0 Å². The second-order valence-corrected chi connectivity index (χ2v) is 9.15. The molecule has 3 aromatic rings. The first kappa shape index (κ1) is 18.4. The van der Waals surface area contributed by atoms with Gasteiger partial charge in [0.2, 0.25) is 9.76 Å². The Labute approximate surface area is 157 Å². The fourth-order valence-electron chi connectivity index (χ4n) is 2.85. The SMILES string of the molecule is CC(C)(C)[Si]OC(c1ccccc1)(c1ccccc1)c1ncccc1O. The van der Waals surface area contributed by atoms with Crippen LogP contribution in [0, 0.1) is 0 Å². The van der Waals surface area contributed by atoms with E-state index in [0.29, 0.717) is 5.69 Å². The maximum Gasteiger partial charge on any atom is 0.238 e. The minimum Gasteiger partial charge on any atom is -0.506 e. The third-order valence-electron chi connectivity index (χ3n) is 3.99. The molecule has 1 heterocycles. The van der Waals surface area contributed by atoms with Crippen LogP contribution in [0.15, 0.2) is 79.0 Å². The Kier molecular flexibility index (Phi) is 5.25. The van der Waals surface area contributed by atoms with E-state index < -0.39 is 5.60 Å². The summed E-state index contributed by atoms with van der Waals surface area (Å²) >= 11 is 0. The van der Waals surface area contributed by atoms with Crippen molar-refractivity contribution in [3.05, 3.63) is 95.8 Å². The highest BCUT2D eigenvalue weighted by Crippen LogP contribution is 2.43. The molecule has 3 rings (SSSR count). The summed E-state index contributed by atoms with van der Waals surface area (Å²) < 4.78 is 6.64. The van der Waals surface area contributed by atoms with Gasteiger partial charge in [-0.3, -0.25) is 4.98 Å². The summed E-state index contributed by atoms with van der Waals surface area (Å²) in [5.74, 6) is 0.124. The third-order valence-corrected chi connectivity index (χ3v) is 5.01. The molecule has 132 valence electrons. The Morgan fingerprint density at radius 2 is 1.35 bits per heavy atom. The van der Waals surface area contributed by atoms with Crippen LogP contribution in [-0.4, -0.2) is 19.9 Å². The van der Waals surface area contributed by atoms with Crippen LogP contribution in [0.4, 0.5) is 0 Å². The van der Waals surface area contributed by atoms with Gasteiger partial charge < -0.3 is 9.53 Å². The molecule has 0 saturated carbocycles. The van der Waals surface area contributed by atoms with E-state index >= 15 is 0 Å². The molecule has 2 radical (unpaired) electrons. The van der Waals surface area contributed by atoms with Gasteiger partial charge in [-0.2, -0.15) is 0 Å². The number of pyridine rings is 1. The average molecular weight is 362 g/mol. The quantitative estimate of drug-likeness (QED) is 0.655. The van der Waals surface area contributed by atoms with Crippen LogP contribution in [0.3, 0.4) is 0 Å². The molecule has 1 aromatic heterocycles. The van der Waals surface area contributed by atoms with E-state index in [2.05, 4.69) is 25.8 Å². The molecule has 0 atom stereocenters. The molecule has 0 saturated heterocycles. The van der Waals surface area contributed by atoms with Gasteiger partial charge in [0.25, 0.3) is 0 Å². The van der Waals surface area contributed by atoms with E-state index in [1.54, 1.807) is 18.3 Å². The second-order valence-electron chi connectivity index (χ2n) is 7.24. The van der Waals surface area contributed by atoms with Crippen LogP contribution in [-0.2, 0) is 10.0 Å². The summed E-state index contributed by atoms with van der Waals surface area (Å²) in [6, 6.07) is 23.4. The Hall–Kier alpha value is -2.43. The molecular weight excluding hydrogens is 338 g/mol.